The number of rotatable bonds is 1. The normalized spacial score (nSPS) is 8.36. The Hall–Kier alpha value is -0.990. The molecule has 0 aliphatic rings. The van der Waals surface area contributed by atoms with Crippen molar-refractivity contribution in [3.05, 3.63) is 24.0 Å². The third kappa shape index (κ3) is 3.65. The maximum atomic E-state index is 12.0. The van der Waals surface area contributed by atoms with Crippen molar-refractivity contribution in [1.82, 2.24) is 9.97 Å². The van der Waals surface area contributed by atoms with E-state index in [-0.39, 0.29) is 0 Å². The summed E-state index contributed by atoms with van der Waals surface area (Å²) in [6.07, 6.45) is 3.16. The zero-order valence-corrected chi connectivity index (χ0v) is 7.13. The molecule has 1 aromatic rings. The summed E-state index contributed by atoms with van der Waals surface area (Å²) in [5.41, 5.74) is 0.955. The van der Waals surface area contributed by atoms with Crippen LogP contribution in [0.3, 0.4) is 0 Å². The summed E-state index contributed by atoms with van der Waals surface area (Å²) in [5, 5.41) is 0. The van der Waals surface area contributed by atoms with Crippen molar-refractivity contribution in [3.8, 4) is 0 Å². The highest BCUT2D eigenvalue weighted by molar-refractivity contribution is 5.01. The quantitative estimate of drug-likeness (QED) is 0.582. The minimum atomic E-state index is -0.660. The van der Waals surface area contributed by atoms with Gasteiger partial charge in [-0.15, -0.1) is 0 Å². The number of hydrogen-bond acceptors (Lipinski definition) is 2. The van der Waals surface area contributed by atoms with Gasteiger partial charge in [-0.2, -0.15) is 4.39 Å². The van der Waals surface area contributed by atoms with Gasteiger partial charge < -0.3 is 0 Å². The Kier molecular flexibility index (Phi) is 5.25. The van der Waals surface area contributed by atoms with Gasteiger partial charge in [-0.1, -0.05) is 20.8 Å². The fraction of sp³-hybridized carbons (Fsp3) is 0.500. The third-order valence-electron chi connectivity index (χ3n) is 1.08. The van der Waals surface area contributed by atoms with Crippen LogP contribution in [-0.2, 0) is 6.42 Å². The number of hydrogen-bond donors (Lipinski definition) is 0. The number of aromatic nitrogens is 2. The Morgan fingerprint density at radius 2 is 1.73 bits per heavy atom. The van der Waals surface area contributed by atoms with Crippen LogP contribution >= 0.6 is 0 Å². The van der Waals surface area contributed by atoms with Crippen molar-refractivity contribution in [3.63, 3.8) is 0 Å². The van der Waals surface area contributed by atoms with E-state index in [1.807, 2.05) is 20.8 Å². The van der Waals surface area contributed by atoms with Crippen LogP contribution in [0.4, 0.5) is 4.39 Å². The third-order valence-corrected chi connectivity index (χ3v) is 1.08. The molecule has 11 heavy (non-hydrogen) atoms. The molecule has 0 aliphatic heterocycles. The van der Waals surface area contributed by atoms with Gasteiger partial charge >= 0.3 is 6.08 Å². The molecule has 62 valence electrons. The average Bonchev–Trinajstić information content (AvgIpc) is 2.10. The molecule has 0 saturated heterocycles. The lowest BCUT2D eigenvalue weighted by Gasteiger charge is -1.90. The second kappa shape index (κ2) is 5.77. The van der Waals surface area contributed by atoms with Crippen LogP contribution in [0.5, 0.6) is 0 Å². The molecular formula is C8H13FN2. The summed E-state index contributed by atoms with van der Waals surface area (Å²) in [7, 11) is 0. The van der Waals surface area contributed by atoms with Gasteiger partial charge in [0.1, 0.15) is 0 Å². The first-order chi connectivity index (χ1) is 5.33. The maximum absolute atomic E-state index is 12.0. The monoisotopic (exact) mass is 156 g/mol. The lowest BCUT2D eigenvalue weighted by Crippen LogP contribution is -1.89. The molecular weight excluding hydrogens is 143 g/mol. The number of halogens is 1. The van der Waals surface area contributed by atoms with Crippen molar-refractivity contribution in [2.24, 2.45) is 0 Å². The second-order valence-corrected chi connectivity index (χ2v) is 1.71. The van der Waals surface area contributed by atoms with Crippen LogP contribution in [0, 0.1) is 6.08 Å². The summed E-state index contributed by atoms with van der Waals surface area (Å²) < 4.78 is 12.0. The van der Waals surface area contributed by atoms with E-state index in [2.05, 4.69) is 9.97 Å². The van der Waals surface area contributed by atoms with Gasteiger partial charge in [0, 0.05) is 12.4 Å². The first kappa shape index (κ1) is 10.0. The van der Waals surface area contributed by atoms with Crippen LogP contribution in [0.1, 0.15) is 26.3 Å². The van der Waals surface area contributed by atoms with E-state index in [1.54, 1.807) is 0 Å². The van der Waals surface area contributed by atoms with Crippen LogP contribution in [0.2, 0.25) is 0 Å². The number of aryl methyl sites for hydroxylation is 1. The molecule has 0 aromatic carbocycles. The molecule has 0 atom stereocenters. The van der Waals surface area contributed by atoms with Crippen molar-refractivity contribution < 1.29 is 4.39 Å². The summed E-state index contributed by atoms with van der Waals surface area (Å²) >= 11 is 0. The Morgan fingerprint density at radius 3 is 2.09 bits per heavy atom. The fourth-order valence-electron chi connectivity index (χ4n) is 0.522. The summed E-state index contributed by atoms with van der Waals surface area (Å²) in [6, 6.07) is 0. The Balaban J connectivity index is 0.000000461. The van der Waals surface area contributed by atoms with Crippen LogP contribution in [0.25, 0.3) is 0 Å². The number of nitrogens with zero attached hydrogens (tertiary/aromatic N) is 2. The highest BCUT2D eigenvalue weighted by Gasteiger charge is 1.90. The summed E-state index contributed by atoms with van der Waals surface area (Å²) in [6.45, 7) is 5.97. The lowest BCUT2D eigenvalue weighted by molar-refractivity contribution is 0.536. The van der Waals surface area contributed by atoms with Gasteiger partial charge in [0.2, 0.25) is 0 Å². The second-order valence-electron chi connectivity index (χ2n) is 1.71. The predicted octanol–water partition coefficient (Wildman–Crippen LogP) is 2.20. The van der Waals surface area contributed by atoms with Crippen molar-refractivity contribution in [1.29, 1.82) is 0 Å². The highest BCUT2D eigenvalue weighted by Crippen LogP contribution is 1.94. The van der Waals surface area contributed by atoms with Gasteiger partial charge in [-0.3, -0.25) is 0 Å². The molecule has 1 heterocycles. The van der Waals surface area contributed by atoms with E-state index in [9.17, 15) is 4.39 Å². The maximum Gasteiger partial charge on any atom is 0.308 e. The Bertz CT molecular complexity index is 184. The minimum absolute atomic E-state index is 0.660. The summed E-state index contributed by atoms with van der Waals surface area (Å²) in [4.78, 5) is 6.74. The molecule has 0 aliphatic carbocycles. The standard InChI is InChI=1S/C6H7FN2.C2H6/c1-2-5-3-8-6(7)9-4-5;1-2/h3-4H,2H2,1H3;1-2H3. The SMILES string of the molecule is CC.CCc1cnc(F)nc1. The van der Waals surface area contributed by atoms with Gasteiger partial charge in [0.15, 0.2) is 0 Å². The van der Waals surface area contributed by atoms with Crippen molar-refractivity contribution in [2.75, 3.05) is 0 Å². The first-order valence-corrected chi connectivity index (χ1v) is 3.79. The molecule has 1 aromatic heterocycles. The van der Waals surface area contributed by atoms with Gasteiger partial charge in [0.25, 0.3) is 0 Å². The largest absolute Gasteiger partial charge is 0.308 e. The molecule has 0 fully saturated rings. The first-order valence-electron chi connectivity index (χ1n) is 3.79. The topological polar surface area (TPSA) is 25.8 Å². The lowest BCUT2D eigenvalue weighted by atomic mass is 10.3. The van der Waals surface area contributed by atoms with Gasteiger partial charge in [0.05, 0.1) is 0 Å². The molecule has 0 radical (unpaired) electrons. The molecule has 0 saturated carbocycles. The molecule has 3 heteroatoms. The van der Waals surface area contributed by atoms with Gasteiger partial charge in [-0.25, -0.2) is 9.97 Å². The van der Waals surface area contributed by atoms with E-state index in [0.29, 0.717) is 0 Å². The van der Waals surface area contributed by atoms with Crippen molar-refractivity contribution in [2.45, 2.75) is 27.2 Å². The van der Waals surface area contributed by atoms with E-state index < -0.39 is 6.08 Å². The van der Waals surface area contributed by atoms with Gasteiger partial charge in [-0.05, 0) is 12.0 Å². The van der Waals surface area contributed by atoms with Crippen LogP contribution in [-0.4, -0.2) is 9.97 Å². The van der Waals surface area contributed by atoms with E-state index in [4.69, 9.17) is 0 Å². The molecule has 0 spiro atoms. The minimum Gasteiger partial charge on any atom is -0.211 e. The van der Waals surface area contributed by atoms with Crippen LogP contribution < -0.4 is 0 Å². The molecule has 0 unspecified atom stereocenters. The molecule has 1 rings (SSSR count). The molecule has 2 nitrogen and oxygen atoms in total. The fourth-order valence-corrected chi connectivity index (χ4v) is 0.522. The van der Waals surface area contributed by atoms with E-state index >= 15 is 0 Å². The average molecular weight is 156 g/mol. The molecule has 0 N–H and O–H groups in total. The zero-order valence-electron chi connectivity index (χ0n) is 7.13. The highest BCUT2D eigenvalue weighted by atomic mass is 19.1. The predicted molar refractivity (Wildman–Crippen MR) is 42.7 cm³/mol. The zero-order chi connectivity index (χ0) is 8.69. The summed E-state index contributed by atoms with van der Waals surface area (Å²) in [5.74, 6) is 0. The Labute approximate surface area is 66.5 Å². The van der Waals surface area contributed by atoms with E-state index in [0.717, 1.165) is 12.0 Å². The van der Waals surface area contributed by atoms with Crippen molar-refractivity contribution >= 4 is 0 Å². The molecule has 0 amide bonds. The van der Waals surface area contributed by atoms with Crippen LogP contribution in [0.15, 0.2) is 12.4 Å². The smallest absolute Gasteiger partial charge is 0.211 e. The molecule has 0 bridgehead atoms. The van der Waals surface area contributed by atoms with E-state index in [1.165, 1.54) is 12.4 Å². The Morgan fingerprint density at radius 1 is 1.27 bits per heavy atom.